The monoisotopic (exact) mass is 699 g/mol. The summed E-state index contributed by atoms with van der Waals surface area (Å²) in [6, 6.07) is 22.6. The number of ether oxygens (including phenoxy) is 2. The Morgan fingerprint density at radius 1 is 0.918 bits per heavy atom. The number of rotatable bonds is 8. The first-order valence-corrected chi connectivity index (χ1v) is 18.8. The molecule has 7 nitrogen and oxygen atoms in total. The molecule has 258 valence electrons. The summed E-state index contributed by atoms with van der Waals surface area (Å²) >= 11 is 7.67. The van der Waals surface area contributed by atoms with Crippen LogP contribution in [0.15, 0.2) is 66.7 Å². The molecule has 4 fully saturated rings. The van der Waals surface area contributed by atoms with Gasteiger partial charge in [-0.3, -0.25) is 14.5 Å². The Balaban J connectivity index is 0.000000160. The van der Waals surface area contributed by atoms with Crippen LogP contribution < -0.4 is 14.8 Å². The molecule has 1 amide bonds. The van der Waals surface area contributed by atoms with Crippen molar-refractivity contribution >= 4 is 44.7 Å². The second kappa shape index (κ2) is 15.2. The van der Waals surface area contributed by atoms with Crippen LogP contribution in [-0.4, -0.2) is 74.5 Å². The highest BCUT2D eigenvalue weighted by Crippen LogP contribution is 2.40. The number of hydrogen-bond donors (Lipinski definition) is 1. The highest BCUT2D eigenvalue weighted by Gasteiger charge is 2.36. The van der Waals surface area contributed by atoms with Gasteiger partial charge >= 0.3 is 0 Å². The van der Waals surface area contributed by atoms with Gasteiger partial charge in [-0.25, -0.2) is 0 Å². The minimum Gasteiger partial charge on any atom is -0.493 e. The van der Waals surface area contributed by atoms with E-state index in [0.717, 1.165) is 70.1 Å². The maximum Gasteiger partial charge on any atom is 0.261 e. The number of nitrogens with one attached hydrogen (secondary N) is 1. The Morgan fingerprint density at radius 3 is 2.33 bits per heavy atom. The lowest BCUT2D eigenvalue weighted by atomic mass is 9.84. The third kappa shape index (κ3) is 7.68. The molecule has 0 radical (unpaired) electrons. The SMILES string of the molecule is COc1cc2c(cc1OC)C(=O)C(CC1CCN(Cc3ccccc3)CC1)C2.O=C(N[C@H]1CN2CCC1CC2)c1cc2cccc(Cl)c2s1. The van der Waals surface area contributed by atoms with Crippen molar-refractivity contribution < 1.29 is 19.1 Å². The number of ketones is 1. The highest BCUT2D eigenvalue weighted by atomic mass is 35.5. The van der Waals surface area contributed by atoms with Crippen LogP contribution in [0.4, 0.5) is 0 Å². The van der Waals surface area contributed by atoms with Crippen LogP contribution >= 0.6 is 22.9 Å². The molecular weight excluding hydrogens is 654 g/mol. The largest absolute Gasteiger partial charge is 0.493 e. The van der Waals surface area contributed by atoms with E-state index in [1.807, 2.05) is 36.4 Å². The van der Waals surface area contributed by atoms with Crippen molar-refractivity contribution in [2.45, 2.75) is 51.1 Å². The van der Waals surface area contributed by atoms with Gasteiger partial charge in [-0.2, -0.15) is 0 Å². The van der Waals surface area contributed by atoms with Crippen LogP contribution in [0.5, 0.6) is 11.5 Å². The van der Waals surface area contributed by atoms with E-state index in [-0.39, 0.29) is 17.6 Å². The summed E-state index contributed by atoms with van der Waals surface area (Å²) in [6.07, 6.45) is 6.61. The van der Waals surface area contributed by atoms with E-state index in [1.165, 1.54) is 55.7 Å². The van der Waals surface area contributed by atoms with Gasteiger partial charge in [0.15, 0.2) is 17.3 Å². The molecule has 4 aromatic rings. The Morgan fingerprint density at radius 2 is 1.65 bits per heavy atom. The normalized spacial score (nSPS) is 23.5. The lowest BCUT2D eigenvalue weighted by Gasteiger charge is -2.44. The van der Waals surface area contributed by atoms with Crippen molar-refractivity contribution in [3.05, 3.63) is 93.3 Å². The smallest absolute Gasteiger partial charge is 0.261 e. The average Bonchev–Trinajstić information content (AvgIpc) is 3.71. The Kier molecular flexibility index (Phi) is 10.6. The fourth-order valence-corrected chi connectivity index (χ4v) is 9.48. The fraction of sp³-hybridized carbons (Fsp3) is 0.450. The zero-order valence-electron chi connectivity index (χ0n) is 28.5. The molecule has 5 heterocycles. The number of carbonyl (C=O) groups is 2. The number of amides is 1. The number of carbonyl (C=O) groups excluding carboxylic acids is 2. The van der Waals surface area contributed by atoms with Crippen LogP contribution in [-0.2, 0) is 13.0 Å². The average molecular weight is 700 g/mol. The molecule has 3 aromatic carbocycles. The van der Waals surface area contributed by atoms with Gasteiger partial charge in [0.2, 0.25) is 0 Å². The predicted molar refractivity (Wildman–Crippen MR) is 197 cm³/mol. The fourth-order valence-electron chi connectivity index (χ4n) is 8.22. The van der Waals surface area contributed by atoms with Crippen molar-refractivity contribution in [1.29, 1.82) is 0 Å². The molecule has 1 N–H and O–H groups in total. The van der Waals surface area contributed by atoms with Gasteiger partial charge < -0.3 is 19.7 Å². The third-order valence-electron chi connectivity index (χ3n) is 11.0. The number of methoxy groups -OCH3 is 2. The van der Waals surface area contributed by atoms with Crippen molar-refractivity contribution in [3.8, 4) is 11.5 Å². The van der Waals surface area contributed by atoms with E-state index < -0.39 is 0 Å². The quantitative estimate of drug-likeness (QED) is 0.203. The molecule has 1 aromatic heterocycles. The number of halogens is 1. The number of fused-ring (bicyclic) bond motifs is 5. The molecule has 2 bridgehead atoms. The van der Waals surface area contributed by atoms with E-state index in [9.17, 15) is 9.59 Å². The predicted octanol–water partition coefficient (Wildman–Crippen LogP) is 7.74. The van der Waals surface area contributed by atoms with Gasteiger partial charge in [0.1, 0.15) is 0 Å². The standard InChI is InChI=1S/C24H29NO3.C16H17ClN2OS/c1-27-22-14-19-13-20(24(26)21(19)15-23(22)28-2)12-17-8-10-25(11-9-17)16-18-6-4-3-5-7-18;17-12-3-1-2-11-8-14(21-15(11)12)16(20)18-13-9-19-6-4-10(13)5-7-19/h3-7,14-15,17,20H,8-13,16H2,1-2H3;1-3,8,10,13H,4-7,9H2,(H,18,20)/t;13-/m.0/s1. The van der Waals surface area contributed by atoms with E-state index in [1.54, 1.807) is 14.2 Å². The van der Waals surface area contributed by atoms with Crippen LogP contribution in [0.1, 0.15) is 63.3 Å². The number of benzene rings is 3. The van der Waals surface area contributed by atoms with E-state index in [2.05, 4.69) is 45.4 Å². The van der Waals surface area contributed by atoms with E-state index in [4.69, 9.17) is 21.1 Å². The summed E-state index contributed by atoms with van der Waals surface area (Å²) in [5, 5.41) is 5.00. The number of likely N-dealkylation sites (tertiary alicyclic amines) is 1. The first kappa shape index (κ1) is 34.0. The molecule has 9 rings (SSSR count). The van der Waals surface area contributed by atoms with Crippen molar-refractivity contribution in [3.63, 3.8) is 0 Å². The lowest BCUT2D eigenvalue weighted by Crippen LogP contribution is -2.57. The molecule has 4 saturated heterocycles. The first-order chi connectivity index (χ1) is 23.9. The second-order valence-corrected chi connectivity index (χ2v) is 15.5. The first-order valence-electron chi connectivity index (χ1n) is 17.6. The topological polar surface area (TPSA) is 71.1 Å². The molecule has 0 spiro atoms. The summed E-state index contributed by atoms with van der Waals surface area (Å²) in [7, 11) is 3.26. The Bertz CT molecular complexity index is 1780. The van der Waals surface area contributed by atoms with Crippen molar-refractivity contribution in [2.24, 2.45) is 17.8 Å². The summed E-state index contributed by atoms with van der Waals surface area (Å²) in [5.74, 6) is 3.08. The van der Waals surface area contributed by atoms with Crippen LogP contribution in [0, 0.1) is 17.8 Å². The van der Waals surface area contributed by atoms with Gasteiger partial charge in [0.25, 0.3) is 5.91 Å². The molecule has 0 saturated carbocycles. The van der Waals surface area contributed by atoms with Gasteiger partial charge in [-0.1, -0.05) is 54.1 Å². The zero-order valence-corrected chi connectivity index (χ0v) is 30.0. The summed E-state index contributed by atoms with van der Waals surface area (Å²) < 4.78 is 11.8. The van der Waals surface area contributed by atoms with Gasteiger partial charge in [0.05, 0.1) is 28.8 Å². The number of thiophene rings is 1. The minimum atomic E-state index is 0.0472. The van der Waals surface area contributed by atoms with Crippen LogP contribution in [0.25, 0.3) is 10.1 Å². The molecule has 5 aliphatic rings. The molecule has 49 heavy (non-hydrogen) atoms. The second-order valence-electron chi connectivity index (χ2n) is 14.1. The Hall–Kier alpha value is -3.43. The molecular formula is C40H46ClN3O4S. The number of nitrogens with zero attached hydrogens (tertiary/aromatic N) is 2. The van der Waals surface area contributed by atoms with Gasteiger partial charge in [0, 0.05) is 30.6 Å². The van der Waals surface area contributed by atoms with Crippen molar-refractivity contribution in [1.82, 2.24) is 15.1 Å². The van der Waals surface area contributed by atoms with Crippen LogP contribution in [0.2, 0.25) is 5.02 Å². The molecule has 1 aliphatic carbocycles. The van der Waals surface area contributed by atoms with Crippen LogP contribution in [0.3, 0.4) is 0 Å². The molecule has 9 heteroatoms. The summed E-state index contributed by atoms with van der Waals surface area (Å²) in [4.78, 5) is 31.2. The lowest BCUT2D eigenvalue weighted by molar-refractivity contribution is 0.0622. The summed E-state index contributed by atoms with van der Waals surface area (Å²) in [6.45, 7) is 6.65. The molecule has 2 atom stereocenters. The maximum absolute atomic E-state index is 12.9. The van der Waals surface area contributed by atoms with Gasteiger partial charge in [-0.05, 0) is 117 Å². The van der Waals surface area contributed by atoms with Crippen molar-refractivity contribution in [2.75, 3.05) is 46.9 Å². The molecule has 1 unspecified atom stereocenters. The number of hydrogen-bond acceptors (Lipinski definition) is 7. The highest BCUT2D eigenvalue weighted by molar-refractivity contribution is 7.21. The third-order valence-corrected chi connectivity index (χ3v) is 12.6. The zero-order chi connectivity index (χ0) is 33.9. The number of piperidine rings is 4. The Labute approximate surface area is 298 Å². The van der Waals surface area contributed by atoms with E-state index in [0.29, 0.717) is 29.4 Å². The minimum absolute atomic E-state index is 0.0472. The molecule has 4 aliphatic heterocycles. The van der Waals surface area contributed by atoms with E-state index >= 15 is 0 Å². The number of Topliss-reactive ketones (excluding diaryl/α,β-unsaturated/α-hetero) is 1. The maximum atomic E-state index is 12.9. The summed E-state index contributed by atoms with van der Waals surface area (Å²) in [5.41, 5.74) is 3.31. The van der Waals surface area contributed by atoms with Gasteiger partial charge in [-0.15, -0.1) is 11.3 Å².